The van der Waals surface area contributed by atoms with E-state index in [2.05, 4.69) is 14.8 Å². The molecule has 41 heavy (non-hydrogen) atoms. The minimum Gasteiger partial charge on any atom is -0.497 e. The van der Waals surface area contributed by atoms with Gasteiger partial charge in [-0.15, -0.1) is 11.3 Å². The zero-order chi connectivity index (χ0) is 28.0. The Kier molecular flexibility index (Phi) is 8.80. The molecule has 4 heterocycles. The Morgan fingerprint density at radius 1 is 0.829 bits per heavy atom. The molecule has 0 atom stereocenters. The Morgan fingerprint density at radius 2 is 1.49 bits per heavy atom. The average molecular weight is 572 g/mol. The summed E-state index contributed by atoms with van der Waals surface area (Å²) in [6.45, 7) is 7.74. The summed E-state index contributed by atoms with van der Waals surface area (Å²) in [6, 6.07) is 17.5. The van der Waals surface area contributed by atoms with Crippen LogP contribution in [-0.4, -0.2) is 80.2 Å². The molecule has 214 valence electrons. The molecule has 2 aromatic carbocycles. The lowest BCUT2D eigenvalue weighted by Crippen LogP contribution is -2.25. The third-order valence-electron chi connectivity index (χ3n) is 7.97. The van der Waals surface area contributed by atoms with E-state index in [1.807, 2.05) is 48.5 Å². The fourth-order valence-electron chi connectivity index (χ4n) is 5.66. The van der Waals surface area contributed by atoms with Crippen molar-refractivity contribution >= 4 is 27.2 Å². The highest BCUT2D eigenvalue weighted by Gasteiger charge is 2.23. The summed E-state index contributed by atoms with van der Waals surface area (Å²) in [4.78, 5) is 24.2. The first-order valence-electron chi connectivity index (χ1n) is 14.6. The van der Waals surface area contributed by atoms with Crippen molar-refractivity contribution in [1.82, 2.24) is 14.8 Å². The number of benzene rings is 2. The summed E-state index contributed by atoms with van der Waals surface area (Å²) in [5, 5.41) is 0.910. The van der Waals surface area contributed by atoms with E-state index in [0.29, 0.717) is 30.2 Å². The number of aromatic nitrogens is 1. The van der Waals surface area contributed by atoms with Crippen molar-refractivity contribution in [3.63, 3.8) is 0 Å². The quantitative estimate of drug-likeness (QED) is 0.189. The van der Waals surface area contributed by atoms with E-state index >= 15 is 0 Å². The number of methoxy groups -OCH3 is 1. The summed E-state index contributed by atoms with van der Waals surface area (Å²) in [5.41, 5.74) is 2.20. The number of ketones is 1. The molecule has 0 radical (unpaired) electrons. The van der Waals surface area contributed by atoms with Crippen LogP contribution < -0.4 is 14.2 Å². The first kappa shape index (κ1) is 27.7. The molecule has 4 aromatic rings. The van der Waals surface area contributed by atoms with Crippen molar-refractivity contribution in [3.8, 4) is 27.8 Å². The molecular weight excluding hydrogens is 534 g/mol. The Balaban J connectivity index is 1.20. The standard InChI is InChI=1S/C33H37N3O4S/c1-38-27-11-12-28-29(22-27)41-33(24-6-9-26(10-7-24)39-20-18-35-14-2-3-15-35)31(28)32(37)25-8-13-30(34-23-25)40-21-19-36-16-4-5-17-36/h6-13,22-23H,2-5,14-21H2,1H3. The van der Waals surface area contributed by atoms with Crippen LogP contribution in [-0.2, 0) is 0 Å². The van der Waals surface area contributed by atoms with E-state index in [4.69, 9.17) is 14.2 Å². The normalized spacial score (nSPS) is 15.9. The number of ether oxygens (including phenoxy) is 3. The lowest BCUT2D eigenvalue weighted by Gasteiger charge is -2.15. The highest BCUT2D eigenvalue weighted by Crippen LogP contribution is 2.41. The predicted octanol–water partition coefficient (Wildman–Crippen LogP) is 6.15. The number of carbonyl (C=O) groups is 1. The molecule has 0 unspecified atom stereocenters. The van der Waals surface area contributed by atoms with Crippen molar-refractivity contribution in [2.75, 3.05) is 59.6 Å². The Hall–Kier alpha value is -3.46. The Labute approximate surface area is 245 Å². The Morgan fingerprint density at radius 3 is 2.12 bits per heavy atom. The van der Waals surface area contributed by atoms with E-state index in [0.717, 1.165) is 58.2 Å². The molecule has 2 fully saturated rings. The van der Waals surface area contributed by atoms with Crippen molar-refractivity contribution < 1.29 is 19.0 Å². The second kappa shape index (κ2) is 13.0. The number of pyridine rings is 1. The highest BCUT2D eigenvalue weighted by atomic mass is 32.1. The zero-order valence-corrected chi connectivity index (χ0v) is 24.5. The van der Waals surface area contributed by atoms with Crippen LogP contribution >= 0.6 is 11.3 Å². The lowest BCUT2D eigenvalue weighted by molar-refractivity contribution is 0.104. The smallest absolute Gasteiger partial charge is 0.213 e. The minimum atomic E-state index is -0.0570. The number of rotatable bonds is 12. The van der Waals surface area contributed by atoms with Gasteiger partial charge in [-0.05, 0) is 106 Å². The first-order chi connectivity index (χ1) is 20.2. The molecule has 2 aliphatic rings. The van der Waals surface area contributed by atoms with Crippen LogP contribution in [0.15, 0.2) is 60.8 Å². The van der Waals surface area contributed by atoms with Gasteiger partial charge in [-0.1, -0.05) is 0 Å². The second-order valence-electron chi connectivity index (χ2n) is 10.7. The molecule has 0 aliphatic carbocycles. The van der Waals surface area contributed by atoms with Gasteiger partial charge in [0.15, 0.2) is 5.78 Å². The van der Waals surface area contributed by atoms with E-state index in [1.165, 1.54) is 38.8 Å². The molecule has 0 N–H and O–H groups in total. The molecule has 6 rings (SSSR count). The maximum atomic E-state index is 14.0. The van der Waals surface area contributed by atoms with Crippen LogP contribution in [0.5, 0.6) is 17.4 Å². The fraction of sp³-hybridized carbons (Fsp3) is 0.394. The van der Waals surface area contributed by atoms with Crippen molar-refractivity contribution in [2.45, 2.75) is 25.7 Å². The minimum absolute atomic E-state index is 0.0570. The summed E-state index contributed by atoms with van der Waals surface area (Å²) >= 11 is 1.60. The van der Waals surface area contributed by atoms with Crippen LogP contribution in [0.3, 0.4) is 0 Å². The van der Waals surface area contributed by atoms with E-state index < -0.39 is 0 Å². The molecule has 0 bridgehead atoms. The van der Waals surface area contributed by atoms with Crippen molar-refractivity contribution in [3.05, 3.63) is 71.9 Å². The molecule has 0 saturated carbocycles. The van der Waals surface area contributed by atoms with Gasteiger partial charge in [0.1, 0.15) is 24.7 Å². The highest BCUT2D eigenvalue weighted by molar-refractivity contribution is 7.22. The predicted molar refractivity (Wildman–Crippen MR) is 164 cm³/mol. The van der Waals surface area contributed by atoms with Crippen molar-refractivity contribution in [2.24, 2.45) is 0 Å². The summed E-state index contributed by atoms with van der Waals surface area (Å²) in [6.07, 6.45) is 6.71. The first-order valence-corrected chi connectivity index (χ1v) is 15.4. The van der Waals surface area contributed by atoms with Gasteiger partial charge >= 0.3 is 0 Å². The number of hydrogen-bond acceptors (Lipinski definition) is 8. The van der Waals surface area contributed by atoms with Gasteiger partial charge < -0.3 is 14.2 Å². The number of carbonyl (C=O) groups excluding carboxylic acids is 1. The van der Waals surface area contributed by atoms with E-state index in [9.17, 15) is 4.79 Å². The van der Waals surface area contributed by atoms with Gasteiger partial charge in [-0.2, -0.15) is 0 Å². The number of hydrogen-bond donors (Lipinski definition) is 0. The van der Waals surface area contributed by atoms with E-state index in [1.54, 1.807) is 30.7 Å². The van der Waals surface area contributed by atoms with Gasteiger partial charge in [-0.3, -0.25) is 14.6 Å². The molecular formula is C33H37N3O4S. The van der Waals surface area contributed by atoms with Gasteiger partial charge in [-0.25, -0.2) is 4.98 Å². The SMILES string of the molecule is COc1ccc2c(C(=O)c3ccc(OCCN4CCCC4)nc3)c(-c3ccc(OCCN4CCCC4)cc3)sc2c1. The third-order valence-corrected chi connectivity index (χ3v) is 9.17. The average Bonchev–Trinajstić information content (AvgIpc) is 3.79. The Bertz CT molecular complexity index is 1460. The number of thiophene rings is 1. The molecule has 2 aromatic heterocycles. The topological polar surface area (TPSA) is 64.1 Å². The zero-order valence-electron chi connectivity index (χ0n) is 23.6. The number of nitrogens with zero attached hydrogens (tertiary/aromatic N) is 3. The molecule has 8 heteroatoms. The maximum absolute atomic E-state index is 14.0. The number of fused-ring (bicyclic) bond motifs is 1. The van der Waals surface area contributed by atoms with Crippen LogP contribution in [0, 0.1) is 0 Å². The van der Waals surface area contributed by atoms with Gasteiger partial charge in [0, 0.05) is 51.4 Å². The van der Waals surface area contributed by atoms with E-state index in [-0.39, 0.29) is 5.78 Å². The number of likely N-dealkylation sites (tertiary alicyclic amines) is 2. The van der Waals surface area contributed by atoms with Crippen LogP contribution in [0.4, 0.5) is 0 Å². The van der Waals surface area contributed by atoms with Crippen molar-refractivity contribution in [1.29, 1.82) is 0 Å². The fourth-order valence-corrected chi connectivity index (χ4v) is 6.90. The van der Waals surface area contributed by atoms with Crippen LogP contribution in [0.25, 0.3) is 20.5 Å². The van der Waals surface area contributed by atoms with Crippen LogP contribution in [0.2, 0.25) is 0 Å². The third kappa shape index (κ3) is 6.56. The molecule has 7 nitrogen and oxygen atoms in total. The summed E-state index contributed by atoms with van der Waals surface area (Å²) in [5.74, 6) is 2.09. The molecule has 2 aliphatic heterocycles. The monoisotopic (exact) mass is 571 g/mol. The van der Waals surface area contributed by atoms with Crippen LogP contribution in [0.1, 0.15) is 41.6 Å². The van der Waals surface area contributed by atoms with Gasteiger partial charge in [0.05, 0.1) is 7.11 Å². The van der Waals surface area contributed by atoms with Gasteiger partial charge in [0.25, 0.3) is 0 Å². The largest absolute Gasteiger partial charge is 0.497 e. The maximum Gasteiger partial charge on any atom is 0.213 e. The summed E-state index contributed by atoms with van der Waals surface area (Å²) < 4.78 is 18.3. The molecule has 2 saturated heterocycles. The molecule has 0 spiro atoms. The molecule has 0 amide bonds. The second-order valence-corrected chi connectivity index (χ2v) is 11.8. The summed E-state index contributed by atoms with van der Waals surface area (Å²) in [7, 11) is 1.66. The van der Waals surface area contributed by atoms with Gasteiger partial charge in [0.2, 0.25) is 5.88 Å². The lowest BCUT2D eigenvalue weighted by atomic mass is 9.98.